The van der Waals surface area contributed by atoms with E-state index in [9.17, 15) is 24.3 Å². The minimum Gasteiger partial charge on any atom is -0.391 e. The number of aliphatic hydroxyl groups excluding tert-OH is 1. The molecule has 48 heavy (non-hydrogen) atoms. The van der Waals surface area contributed by atoms with Gasteiger partial charge in [0.25, 0.3) is 5.91 Å². The summed E-state index contributed by atoms with van der Waals surface area (Å²) < 4.78 is 16.1. The molecule has 2 saturated heterocycles. The Morgan fingerprint density at radius 2 is 1.58 bits per heavy atom. The highest BCUT2D eigenvalue weighted by Gasteiger charge is 2.34. The molecule has 4 amide bonds. The zero-order chi connectivity index (χ0) is 34.6. The maximum atomic E-state index is 16.1. The monoisotopic (exact) mass is 662 g/mol. The predicted molar refractivity (Wildman–Crippen MR) is 184 cm³/mol. The Labute approximate surface area is 283 Å². The number of rotatable bonds is 11. The average molecular weight is 663 g/mol. The van der Waals surface area contributed by atoms with Gasteiger partial charge in [-0.05, 0) is 80.4 Å². The molecule has 2 heterocycles. The van der Waals surface area contributed by atoms with E-state index in [1.54, 1.807) is 6.92 Å². The summed E-state index contributed by atoms with van der Waals surface area (Å²) in [6.07, 6.45) is 5.06. The van der Waals surface area contributed by atoms with Crippen LogP contribution in [0.25, 0.3) is 0 Å². The molecule has 3 atom stereocenters. The lowest BCUT2D eigenvalue weighted by molar-refractivity contribution is -0.126. The summed E-state index contributed by atoms with van der Waals surface area (Å²) in [7, 11) is 0. The number of amides is 4. The molecule has 260 valence electrons. The van der Waals surface area contributed by atoms with E-state index in [2.05, 4.69) is 31.4 Å². The van der Waals surface area contributed by atoms with Crippen LogP contribution in [0.1, 0.15) is 101 Å². The topological polar surface area (TPSA) is 119 Å². The summed E-state index contributed by atoms with van der Waals surface area (Å²) in [5, 5.41) is 17.6. The zero-order valence-corrected chi connectivity index (χ0v) is 28.8. The van der Waals surface area contributed by atoms with Crippen LogP contribution in [-0.2, 0) is 20.8 Å². The Morgan fingerprint density at radius 3 is 2.17 bits per heavy atom. The van der Waals surface area contributed by atoms with E-state index in [4.69, 9.17) is 0 Å². The number of carbonyl (C=O) groups is 4. The molecule has 3 aliphatic rings. The van der Waals surface area contributed by atoms with Crippen molar-refractivity contribution in [3.05, 3.63) is 59.4 Å². The van der Waals surface area contributed by atoms with Crippen LogP contribution >= 0.6 is 0 Å². The van der Waals surface area contributed by atoms with Crippen molar-refractivity contribution in [3.8, 4) is 0 Å². The van der Waals surface area contributed by atoms with Gasteiger partial charge in [0, 0.05) is 43.6 Å². The van der Waals surface area contributed by atoms with E-state index in [-0.39, 0.29) is 59.7 Å². The predicted octanol–water partition coefficient (Wildman–Crippen LogP) is 5.53. The van der Waals surface area contributed by atoms with Gasteiger partial charge in [-0.15, -0.1) is 0 Å². The maximum Gasteiger partial charge on any atom is 0.254 e. The van der Waals surface area contributed by atoms with Gasteiger partial charge < -0.3 is 25.5 Å². The first kappa shape index (κ1) is 35.5. The number of halogens is 1. The fraction of sp³-hybridized carbons (Fsp3) is 0.579. The maximum absolute atomic E-state index is 16.1. The summed E-state index contributed by atoms with van der Waals surface area (Å²) in [6, 6.07) is 11.5. The van der Waals surface area contributed by atoms with E-state index < -0.39 is 29.8 Å². The van der Waals surface area contributed by atoms with Gasteiger partial charge in [-0.25, -0.2) is 4.39 Å². The van der Waals surface area contributed by atoms with Gasteiger partial charge in [0.15, 0.2) is 5.82 Å². The quantitative estimate of drug-likeness (QED) is 0.293. The van der Waals surface area contributed by atoms with Gasteiger partial charge >= 0.3 is 0 Å². The summed E-state index contributed by atoms with van der Waals surface area (Å²) in [5.74, 6) is -2.01. The lowest BCUT2D eigenvalue weighted by atomic mass is 9.71. The highest BCUT2D eigenvalue weighted by Crippen LogP contribution is 2.38. The number of aliphatic hydroxyl groups is 1. The van der Waals surface area contributed by atoms with Crippen LogP contribution in [0.3, 0.4) is 0 Å². The van der Waals surface area contributed by atoms with Crippen molar-refractivity contribution < 1.29 is 28.7 Å². The zero-order valence-electron chi connectivity index (χ0n) is 28.8. The van der Waals surface area contributed by atoms with Gasteiger partial charge in [0.05, 0.1) is 23.4 Å². The summed E-state index contributed by atoms with van der Waals surface area (Å²) in [5.41, 5.74) is 1.13. The van der Waals surface area contributed by atoms with Gasteiger partial charge in [0.1, 0.15) is 0 Å². The number of benzene rings is 2. The van der Waals surface area contributed by atoms with Crippen LogP contribution in [0.15, 0.2) is 42.5 Å². The molecule has 3 fully saturated rings. The third kappa shape index (κ3) is 8.43. The average Bonchev–Trinajstić information content (AvgIpc) is 3.68. The number of hydrogen-bond donors (Lipinski definition) is 3. The van der Waals surface area contributed by atoms with Gasteiger partial charge in [-0.2, -0.15) is 0 Å². The van der Waals surface area contributed by atoms with Crippen molar-refractivity contribution in [2.24, 2.45) is 17.3 Å². The van der Waals surface area contributed by atoms with Crippen LogP contribution in [0.4, 0.5) is 15.8 Å². The molecule has 1 saturated carbocycles. The Bertz CT molecular complexity index is 1480. The lowest BCUT2D eigenvalue weighted by Gasteiger charge is -2.37. The molecular formula is C38H51FN4O5. The van der Waals surface area contributed by atoms with E-state index in [1.165, 1.54) is 21.9 Å². The molecule has 0 radical (unpaired) electrons. The lowest BCUT2D eigenvalue weighted by Crippen LogP contribution is -2.47. The van der Waals surface area contributed by atoms with Crippen LogP contribution in [-0.4, -0.2) is 60.0 Å². The van der Waals surface area contributed by atoms with Crippen LogP contribution < -0.4 is 20.4 Å². The van der Waals surface area contributed by atoms with Crippen molar-refractivity contribution in [1.29, 1.82) is 0 Å². The fourth-order valence-electron chi connectivity index (χ4n) is 7.41. The number of carbonyl (C=O) groups excluding carboxylic acids is 4. The Kier molecular flexibility index (Phi) is 11.2. The smallest absolute Gasteiger partial charge is 0.254 e. The molecule has 0 unspecified atom stereocenters. The fourth-order valence-corrected chi connectivity index (χ4v) is 7.41. The Hall–Kier alpha value is -3.79. The first-order valence-corrected chi connectivity index (χ1v) is 17.6. The minimum absolute atomic E-state index is 0.0261. The van der Waals surface area contributed by atoms with Crippen molar-refractivity contribution >= 4 is 35.0 Å². The van der Waals surface area contributed by atoms with Crippen LogP contribution in [0.5, 0.6) is 0 Å². The van der Waals surface area contributed by atoms with Gasteiger partial charge in [-0.1, -0.05) is 58.0 Å². The Morgan fingerprint density at radius 1 is 0.958 bits per heavy atom. The molecule has 2 aromatic carbocycles. The van der Waals surface area contributed by atoms with E-state index >= 15 is 4.39 Å². The van der Waals surface area contributed by atoms with Crippen molar-refractivity contribution in [2.45, 2.75) is 110 Å². The number of anilines is 2. The molecule has 9 nitrogen and oxygen atoms in total. The molecule has 10 heteroatoms. The standard InChI is InChI=1S/C38H51FN4O5/c1-24(36(47)40-27-16-14-26(15-17-27)38(2,3)4)20-32(44)30(21-25-10-6-5-7-11-25)41-37(48)29-22-28(42-18-8-12-33(42)45)23-31(35(29)39)43-19-9-13-34(43)46/h5-7,10-11,22-24,26-27,30,32,44H,8-9,12-21H2,1-4H3,(H,40,47)(H,41,48)/t24-,26?,27?,30+,32+/m1/s1. The van der Waals surface area contributed by atoms with E-state index in [0.717, 1.165) is 31.2 Å². The third-order valence-corrected chi connectivity index (χ3v) is 10.5. The first-order valence-electron chi connectivity index (χ1n) is 17.6. The highest BCUT2D eigenvalue weighted by molar-refractivity contribution is 6.03. The second-order valence-electron chi connectivity index (χ2n) is 15.0. The summed E-state index contributed by atoms with van der Waals surface area (Å²) in [6.45, 7) is 9.32. The molecule has 1 aliphatic carbocycles. The largest absolute Gasteiger partial charge is 0.391 e. The van der Waals surface area contributed by atoms with E-state index in [0.29, 0.717) is 44.0 Å². The SMILES string of the molecule is C[C@H](C[C@H](O)[C@H](Cc1ccccc1)NC(=O)c1cc(N2CCCC2=O)cc(N2CCCC2=O)c1F)C(=O)NC1CCC(C(C)(C)C)CC1. The number of nitrogens with one attached hydrogen (secondary N) is 2. The molecule has 0 spiro atoms. The molecule has 2 aliphatic heterocycles. The molecular weight excluding hydrogens is 611 g/mol. The van der Waals surface area contributed by atoms with E-state index in [1.807, 2.05) is 30.3 Å². The van der Waals surface area contributed by atoms with Crippen LogP contribution in [0, 0.1) is 23.1 Å². The normalized spacial score (nSPS) is 22.0. The van der Waals surface area contributed by atoms with Crippen molar-refractivity contribution in [2.75, 3.05) is 22.9 Å². The number of hydrogen-bond acceptors (Lipinski definition) is 5. The summed E-state index contributed by atoms with van der Waals surface area (Å²) in [4.78, 5) is 55.3. The number of nitrogens with zero attached hydrogens (tertiary/aromatic N) is 2. The van der Waals surface area contributed by atoms with Crippen molar-refractivity contribution in [1.82, 2.24) is 10.6 Å². The molecule has 0 aromatic heterocycles. The highest BCUT2D eigenvalue weighted by atomic mass is 19.1. The third-order valence-electron chi connectivity index (χ3n) is 10.5. The second-order valence-corrected chi connectivity index (χ2v) is 15.0. The molecule has 0 bridgehead atoms. The van der Waals surface area contributed by atoms with Gasteiger partial charge in [-0.3, -0.25) is 19.2 Å². The molecule has 3 N–H and O–H groups in total. The summed E-state index contributed by atoms with van der Waals surface area (Å²) >= 11 is 0. The first-order chi connectivity index (χ1) is 22.8. The molecule has 2 aromatic rings. The van der Waals surface area contributed by atoms with Gasteiger partial charge in [0.2, 0.25) is 17.7 Å². The van der Waals surface area contributed by atoms with Crippen LogP contribution in [0.2, 0.25) is 0 Å². The molecule has 5 rings (SSSR count). The minimum atomic E-state index is -1.11. The van der Waals surface area contributed by atoms with Crippen molar-refractivity contribution in [3.63, 3.8) is 0 Å². The second kappa shape index (κ2) is 15.2. The Balaban J connectivity index is 1.33.